The largest absolute Gasteiger partial charge is 0.508 e. The molecule has 7 heteroatoms. The van der Waals surface area contributed by atoms with Crippen LogP contribution in [0, 0.1) is 11.3 Å². The lowest BCUT2D eigenvalue weighted by Gasteiger charge is -2.14. The van der Waals surface area contributed by atoms with Crippen LogP contribution in [0.3, 0.4) is 0 Å². The second kappa shape index (κ2) is 10.9. The summed E-state index contributed by atoms with van der Waals surface area (Å²) in [6.07, 6.45) is 2.03. The Labute approximate surface area is 200 Å². The van der Waals surface area contributed by atoms with Gasteiger partial charge in [0.1, 0.15) is 23.1 Å². The lowest BCUT2D eigenvalue weighted by atomic mass is 10.0. The number of hydrogen-bond acceptors (Lipinski definition) is 4. The van der Waals surface area contributed by atoms with Crippen LogP contribution in [0.15, 0.2) is 70.7 Å². The predicted molar refractivity (Wildman–Crippen MR) is 130 cm³/mol. The van der Waals surface area contributed by atoms with Crippen LogP contribution in [-0.4, -0.2) is 17.6 Å². The summed E-state index contributed by atoms with van der Waals surface area (Å²) in [6.45, 7) is 2.32. The third kappa shape index (κ3) is 5.91. The fraction of sp³-hybridized carbons (Fsp3) is 0.120. The van der Waals surface area contributed by atoms with Crippen molar-refractivity contribution in [2.24, 2.45) is 0 Å². The number of nitriles is 1. The van der Waals surface area contributed by atoms with E-state index in [9.17, 15) is 15.2 Å². The molecular weight excluding hydrogens is 492 g/mol. The highest BCUT2D eigenvalue weighted by atomic mass is 79.9. The third-order valence-electron chi connectivity index (χ3n) is 4.60. The standard InChI is InChI=1S/C25H20BrClN2O3/c1-2-32-24-13-16(12-23(27)21(24)14-17-5-3-4-6-22(17)26)11-18(15-28)25(31)29-19-7-9-20(30)10-8-19/h3-13,30H,2,14H2,1H3,(H,29,31)/b18-11+. The predicted octanol–water partition coefficient (Wildman–Crippen LogP) is 6.34. The highest BCUT2D eigenvalue weighted by Crippen LogP contribution is 2.33. The highest BCUT2D eigenvalue weighted by Gasteiger charge is 2.15. The number of nitrogens with one attached hydrogen (secondary N) is 1. The molecule has 0 saturated carbocycles. The fourth-order valence-electron chi connectivity index (χ4n) is 3.06. The van der Waals surface area contributed by atoms with Gasteiger partial charge in [0.05, 0.1) is 6.61 Å². The van der Waals surface area contributed by atoms with Crippen LogP contribution in [0.25, 0.3) is 6.08 Å². The van der Waals surface area contributed by atoms with Gasteiger partial charge in [0.15, 0.2) is 0 Å². The van der Waals surface area contributed by atoms with Crippen molar-refractivity contribution in [2.45, 2.75) is 13.3 Å². The van der Waals surface area contributed by atoms with Gasteiger partial charge in [0, 0.05) is 27.2 Å². The van der Waals surface area contributed by atoms with E-state index in [1.165, 1.54) is 18.2 Å². The van der Waals surface area contributed by atoms with Crippen molar-refractivity contribution in [1.82, 2.24) is 0 Å². The number of carbonyl (C=O) groups is 1. The van der Waals surface area contributed by atoms with Gasteiger partial charge >= 0.3 is 0 Å². The third-order valence-corrected chi connectivity index (χ3v) is 5.71. The van der Waals surface area contributed by atoms with E-state index in [1.54, 1.807) is 24.3 Å². The number of aromatic hydroxyl groups is 1. The minimum atomic E-state index is -0.565. The van der Waals surface area contributed by atoms with Crippen molar-refractivity contribution in [3.05, 3.63) is 92.4 Å². The number of halogens is 2. The number of nitrogens with zero attached hydrogens (tertiary/aromatic N) is 1. The van der Waals surface area contributed by atoms with Crippen LogP contribution in [0.4, 0.5) is 5.69 Å². The summed E-state index contributed by atoms with van der Waals surface area (Å²) in [5.41, 5.74) is 2.84. The summed E-state index contributed by atoms with van der Waals surface area (Å²) in [4.78, 5) is 12.5. The molecular formula is C25H20BrClN2O3. The molecule has 0 fully saturated rings. The average Bonchev–Trinajstić information content (AvgIpc) is 2.77. The van der Waals surface area contributed by atoms with Crippen LogP contribution >= 0.6 is 27.5 Å². The summed E-state index contributed by atoms with van der Waals surface area (Å²) in [5, 5.41) is 22.0. The SMILES string of the molecule is CCOc1cc(/C=C(\C#N)C(=O)Nc2ccc(O)cc2)cc(Cl)c1Cc1ccccc1Br. The van der Waals surface area contributed by atoms with Crippen molar-refractivity contribution in [3.63, 3.8) is 0 Å². The summed E-state index contributed by atoms with van der Waals surface area (Å²) >= 11 is 10.1. The number of benzene rings is 3. The van der Waals surface area contributed by atoms with Crippen LogP contribution in [-0.2, 0) is 11.2 Å². The normalized spacial score (nSPS) is 11.0. The molecule has 0 saturated heterocycles. The Morgan fingerprint density at radius 2 is 1.94 bits per heavy atom. The topological polar surface area (TPSA) is 82.3 Å². The zero-order valence-corrected chi connectivity index (χ0v) is 19.6. The average molecular weight is 512 g/mol. The molecule has 0 atom stereocenters. The van der Waals surface area contributed by atoms with Gasteiger partial charge in [-0.3, -0.25) is 4.79 Å². The van der Waals surface area contributed by atoms with Crippen LogP contribution < -0.4 is 10.1 Å². The minimum absolute atomic E-state index is 0.0831. The Bertz CT molecular complexity index is 1200. The molecule has 0 unspecified atom stereocenters. The number of phenolic OH excluding ortho intramolecular Hbond substituents is 1. The number of hydrogen-bond donors (Lipinski definition) is 2. The second-order valence-electron chi connectivity index (χ2n) is 6.85. The zero-order valence-electron chi connectivity index (χ0n) is 17.2. The van der Waals surface area contributed by atoms with Crippen LogP contribution in [0.1, 0.15) is 23.6 Å². The number of carbonyl (C=O) groups excluding carboxylic acids is 1. The first kappa shape index (κ1) is 23.4. The molecule has 0 aliphatic carbocycles. The monoisotopic (exact) mass is 510 g/mol. The molecule has 0 aromatic heterocycles. The molecule has 5 nitrogen and oxygen atoms in total. The number of ether oxygens (including phenoxy) is 1. The van der Waals surface area contributed by atoms with E-state index >= 15 is 0 Å². The zero-order chi connectivity index (χ0) is 23.1. The highest BCUT2D eigenvalue weighted by molar-refractivity contribution is 9.10. The molecule has 162 valence electrons. The number of amides is 1. The van der Waals surface area contributed by atoms with E-state index in [4.69, 9.17) is 16.3 Å². The molecule has 32 heavy (non-hydrogen) atoms. The number of rotatable bonds is 7. The van der Waals surface area contributed by atoms with Crippen molar-refractivity contribution < 1.29 is 14.6 Å². The van der Waals surface area contributed by atoms with Crippen molar-refractivity contribution >= 4 is 45.2 Å². The summed E-state index contributed by atoms with van der Waals surface area (Å²) in [6, 6.07) is 19.3. The summed E-state index contributed by atoms with van der Waals surface area (Å²) in [5.74, 6) is 0.113. The Balaban J connectivity index is 1.91. The maximum absolute atomic E-state index is 12.5. The minimum Gasteiger partial charge on any atom is -0.508 e. The second-order valence-corrected chi connectivity index (χ2v) is 8.11. The van der Waals surface area contributed by atoms with E-state index in [0.717, 1.165) is 15.6 Å². The quantitative estimate of drug-likeness (QED) is 0.220. The van der Waals surface area contributed by atoms with Gasteiger partial charge < -0.3 is 15.2 Å². The van der Waals surface area contributed by atoms with Gasteiger partial charge in [0.2, 0.25) is 0 Å². The lowest BCUT2D eigenvalue weighted by molar-refractivity contribution is -0.112. The van der Waals surface area contributed by atoms with E-state index in [2.05, 4.69) is 21.2 Å². The molecule has 0 radical (unpaired) electrons. The van der Waals surface area contributed by atoms with Crippen molar-refractivity contribution in [1.29, 1.82) is 5.26 Å². The van der Waals surface area contributed by atoms with Crippen LogP contribution in [0.2, 0.25) is 5.02 Å². The molecule has 0 bridgehead atoms. The number of phenols is 1. The molecule has 0 spiro atoms. The first-order valence-electron chi connectivity index (χ1n) is 9.82. The molecule has 3 rings (SSSR count). The molecule has 0 aliphatic heterocycles. The van der Waals surface area contributed by atoms with E-state index < -0.39 is 5.91 Å². The lowest BCUT2D eigenvalue weighted by Crippen LogP contribution is -2.13. The Morgan fingerprint density at radius 1 is 1.22 bits per heavy atom. The Hall–Kier alpha value is -3.27. The molecule has 1 amide bonds. The maximum Gasteiger partial charge on any atom is 0.266 e. The van der Waals surface area contributed by atoms with Gasteiger partial charge in [-0.1, -0.05) is 45.7 Å². The van der Waals surface area contributed by atoms with Crippen molar-refractivity contribution in [3.8, 4) is 17.6 Å². The molecule has 3 aromatic carbocycles. The first-order valence-corrected chi connectivity index (χ1v) is 11.0. The van der Waals surface area contributed by atoms with Gasteiger partial charge in [-0.2, -0.15) is 5.26 Å². The van der Waals surface area contributed by atoms with Gasteiger partial charge in [-0.15, -0.1) is 0 Å². The van der Waals surface area contributed by atoms with E-state index in [1.807, 2.05) is 37.3 Å². The van der Waals surface area contributed by atoms with E-state index in [0.29, 0.717) is 35.1 Å². The fourth-order valence-corrected chi connectivity index (χ4v) is 3.77. The molecule has 0 heterocycles. The van der Waals surface area contributed by atoms with Gasteiger partial charge in [-0.25, -0.2) is 0 Å². The van der Waals surface area contributed by atoms with Gasteiger partial charge in [0.25, 0.3) is 5.91 Å². The molecule has 3 aromatic rings. The van der Waals surface area contributed by atoms with Gasteiger partial charge in [-0.05, 0) is 66.6 Å². The summed E-state index contributed by atoms with van der Waals surface area (Å²) in [7, 11) is 0. The molecule has 2 N–H and O–H groups in total. The number of anilines is 1. The smallest absolute Gasteiger partial charge is 0.266 e. The summed E-state index contributed by atoms with van der Waals surface area (Å²) < 4.78 is 6.79. The van der Waals surface area contributed by atoms with Crippen molar-refractivity contribution in [2.75, 3.05) is 11.9 Å². The Morgan fingerprint density at radius 3 is 2.59 bits per heavy atom. The Kier molecular flexibility index (Phi) is 7.93. The first-order chi connectivity index (χ1) is 15.4. The molecule has 0 aliphatic rings. The van der Waals surface area contributed by atoms with E-state index in [-0.39, 0.29) is 11.3 Å². The maximum atomic E-state index is 12.5. The van der Waals surface area contributed by atoms with Crippen LogP contribution in [0.5, 0.6) is 11.5 Å².